The summed E-state index contributed by atoms with van der Waals surface area (Å²) in [5.74, 6) is 0. The first-order valence-corrected chi connectivity index (χ1v) is 2.82. The second-order valence-corrected chi connectivity index (χ2v) is 1.60. The monoisotopic (exact) mass is 262 g/mol. The Labute approximate surface area is 74.3 Å². The van der Waals surface area contributed by atoms with Crippen molar-refractivity contribution in [1.82, 2.24) is 0 Å². The van der Waals surface area contributed by atoms with Crippen molar-refractivity contribution in [2.75, 3.05) is 0 Å². The number of halogens is 4. The van der Waals surface area contributed by atoms with Gasteiger partial charge < -0.3 is 24.8 Å². The van der Waals surface area contributed by atoms with Gasteiger partial charge in [-0.25, -0.2) is 0 Å². The molecule has 0 saturated heterocycles. The molecule has 0 unspecified atom stereocenters. The van der Waals surface area contributed by atoms with Crippen molar-refractivity contribution in [3.8, 4) is 0 Å². The van der Waals surface area contributed by atoms with Crippen LogP contribution in [0.5, 0.6) is 0 Å². The third kappa shape index (κ3) is 34.8. The van der Waals surface area contributed by atoms with Gasteiger partial charge in [-0.05, 0) is 0 Å². The van der Waals surface area contributed by atoms with Gasteiger partial charge in [-0.2, -0.15) is 0 Å². The van der Waals surface area contributed by atoms with E-state index in [1.165, 1.54) is 0 Å². The third-order valence-corrected chi connectivity index (χ3v) is 0. The van der Waals surface area contributed by atoms with Crippen LogP contribution in [0.3, 0.4) is 0 Å². The Balaban J connectivity index is -0.00000000667. The Morgan fingerprint density at radius 2 is 1.00 bits per heavy atom. The average Bonchev–Trinajstić information content (AvgIpc) is 0.918. The zero-order valence-corrected chi connectivity index (χ0v) is 7.15. The van der Waals surface area contributed by atoms with Gasteiger partial charge in [0.1, 0.15) is 0 Å². The van der Waals surface area contributed by atoms with Gasteiger partial charge in [-0.1, -0.05) is 0 Å². The molecule has 0 nitrogen and oxygen atoms in total. The van der Waals surface area contributed by atoms with E-state index in [1.54, 1.807) is 0 Å². The van der Waals surface area contributed by atoms with Crippen molar-refractivity contribution in [1.29, 1.82) is 0 Å². The van der Waals surface area contributed by atoms with Crippen LogP contribution in [0.25, 0.3) is 0 Å². The molecule has 0 aliphatic heterocycles. The molecular formula is Cl4CoCu. The molecule has 0 bridgehead atoms. The fourth-order valence-electron chi connectivity index (χ4n) is 0. The van der Waals surface area contributed by atoms with Crippen LogP contribution in [0.4, 0.5) is 0 Å². The van der Waals surface area contributed by atoms with Crippen LogP contribution < -0.4 is 24.8 Å². The van der Waals surface area contributed by atoms with Gasteiger partial charge in [0.2, 0.25) is 0 Å². The molecule has 0 aliphatic carbocycles. The molecule has 6 heavy (non-hydrogen) atoms. The molecule has 0 aromatic heterocycles. The van der Waals surface area contributed by atoms with Crippen LogP contribution in [0.1, 0.15) is 0 Å². The molecule has 0 aromatic rings. The smallest absolute Gasteiger partial charge is 2.00 e. The van der Waals surface area contributed by atoms with Crippen molar-refractivity contribution in [3.05, 3.63) is 0 Å². The third-order valence-electron chi connectivity index (χ3n) is 0. The minimum atomic E-state index is 0. The zero-order valence-electron chi connectivity index (χ0n) is 2.15. The van der Waals surface area contributed by atoms with Gasteiger partial charge in [0.05, 0.1) is 0 Å². The first kappa shape index (κ1) is 24.1. The van der Waals surface area contributed by atoms with Gasteiger partial charge in [0.25, 0.3) is 0 Å². The molecule has 0 spiro atoms. The van der Waals surface area contributed by atoms with Gasteiger partial charge >= 0.3 is 50.1 Å². The van der Waals surface area contributed by atoms with Crippen molar-refractivity contribution < 1.29 is 54.7 Å². The molecule has 48 valence electrons. The molecule has 1 radical (unpaired) electrons. The van der Waals surface area contributed by atoms with Crippen molar-refractivity contribution >= 4 is 20.2 Å². The standard InChI is InChI=1S/4ClH.Co.Cu/h4*1H;;/q;;;;2*+2/p-4. The average molecular weight is 264 g/mol. The molecule has 0 atom stereocenters. The van der Waals surface area contributed by atoms with E-state index < -0.39 is 0 Å². The van der Waals surface area contributed by atoms with Crippen LogP contribution in [0, 0.1) is 0 Å². The number of hydrogen-bond donors (Lipinski definition) is 0. The quantitative estimate of drug-likeness (QED) is 0.386. The Morgan fingerprint density at radius 3 is 1.00 bits per heavy atom. The molecule has 0 heterocycles. The van der Waals surface area contributed by atoms with Crippen molar-refractivity contribution in [3.63, 3.8) is 0 Å². The first-order chi connectivity index (χ1) is 1.41. The fourth-order valence-corrected chi connectivity index (χ4v) is 0. The summed E-state index contributed by atoms with van der Waals surface area (Å²) >= 11 is 0.757. The van der Waals surface area contributed by atoms with Crippen molar-refractivity contribution in [2.45, 2.75) is 0 Å². The van der Waals surface area contributed by atoms with Gasteiger partial charge in [0, 0.05) is 0 Å². The van der Waals surface area contributed by atoms with E-state index >= 15 is 0 Å². The summed E-state index contributed by atoms with van der Waals surface area (Å²) in [5.41, 5.74) is 0. The van der Waals surface area contributed by atoms with Crippen LogP contribution in [-0.2, 0) is 29.9 Å². The molecule has 6 heteroatoms. The Bertz CT molecular complexity index is 7.51. The minimum Gasteiger partial charge on any atom is 2.00 e. The summed E-state index contributed by atoms with van der Waals surface area (Å²) in [6, 6.07) is 0. The molecule has 0 aromatic carbocycles. The Kier molecular flexibility index (Phi) is 109. The van der Waals surface area contributed by atoms with Crippen LogP contribution in [0.15, 0.2) is 0 Å². The summed E-state index contributed by atoms with van der Waals surface area (Å²) in [6.07, 6.45) is 0. The van der Waals surface area contributed by atoms with Crippen LogP contribution in [0.2, 0.25) is 0 Å². The predicted octanol–water partition coefficient (Wildman–Crippen LogP) is -4.62. The summed E-state index contributed by atoms with van der Waals surface area (Å²) in [5, 5.41) is 0. The zero-order chi connectivity index (χ0) is 2.71. The normalized spacial score (nSPS) is 3.67. The van der Waals surface area contributed by atoms with Gasteiger partial charge in [0.15, 0.2) is 0 Å². The Morgan fingerprint density at radius 1 is 1.00 bits per heavy atom. The molecule has 0 rings (SSSR count). The number of rotatable bonds is 0. The Hall–Kier alpha value is 2.19. The largest absolute Gasteiger partial charge is 2.00 e. The van der Waals surface area contributed by atoms with Crippen molar-refractivity contribution in [2.24, 2.45) is 0 Å². The summed E-state index contributed by atoms with van der Waals surface area (Å²) in [4.78, 5) is 0. The van der Waals surface area contributed by atoms with Crippen LogP contribution >= 0.6 is 20.2 Å². The fraction of sp³-hybridized carbons (Fsp3) is 0. The number of hydrogen-bond acceptors (Lipinski definition) is 0. The molecule has 0 fully saturated rings. The van der Waals surface area contributed by atoms with E-state index in [4.69, 9.17) is 0 Å². The van der Waals surface area contributed by atoms with E-state index in [2.05, 4.69) is 20.2 Å². The maximum absolute atomic E-state index is 4.67. The van der Waals surface area contributed by atoms with Gasteiger partial charge in [-0.15, -0.1) is 0 Å². The molecule has 0 N–H and O–H groups in total. The summed E-state index contributed by atoms with van der Waals surface area (Å²) in [6.45, 7) is 0. The van der Waals surface area contributed by atoms with E-state index in [1.807, 2.05) is 0 Å². The summed E-state index contributed by atoms with van der Waals surface area (Å²) < 4.78 is 0. The topological polar surface area (TPSA) is 0 Å². The second-order valence-electron chi connectivity index (χ2n) is 0.0431. The molecule has 0 saturated carbocycles. The second kappa shape index (κ2) is 27.1. The van der Waals surface area contributed by atoms with Crippen LogP contribution in [-0.4, -0.2) is 0 Å². The maximum Gasteiger partial charge on any atom is 2.00 e. The van der Waals surface area contributed by atoms with E-state index in [0.29, 0.717) is 0 Å². The summed E-state index contributed by atoms with van der Waals surface area (Å²) in [7, 11) is 9.34. The first-order valence-electron chi connectivity index (χ1n) is 0.228. The SMILES string of the molecule is [Cl-].[Cl-].[Cl][Cu][Cl].[Co+2]. The molecule has 0 aliphatic rings. The van der Waals surface area contributed by atoms with E-state index in [9.17, 15) is 0 Å². The van der Waals surface area contributed by atoms with E-state index in [-0.39, 0.29) is 41.6 Å². The minimum absolute atomic E-state index is 0. The molecular weight excluding hydrogens is 264 g/mol. The van der Waals surface area contributed by atoms with Gasteiger partial charge in [-0.3, -0.25) is 0 Å². The maximum atomic E-state index is 4.67. The van der Waals surface area contributed by atoms with E-state index in [0.717, 1.165) is 13.1 Å². The predicted molar refractivity (Wildman–Crippen MR) is 11.7 cm³/mol. The molecule has 0 amide bonds.